The van der Waals surface area contributed by atoms with Crippen LogP contribution in [0.4, 0.5) is 0 Å². The first-order chi connectivity index (χ1) is 8.25. The molecule has 3 nitrogen and oxygen atoms in total. The zero-order chi connectivity index (χ0) is 12.1. The van der Waals surface area contributed by atoms with Crippen LogP contribution >= 0.6 is 0 Å². The maximum atomic E-state index is 4.45. The first kappa shape index (κ1) is 11.7. The Kier molecular flexibility index (Phi) is 3.83. The standard InChI is InChI=1S/C14H17N3/c1-11-8-15-7-6-13(11)9-16-10-14-5-3-4-12(2)17-14/h3-8,16H,9-10H2,1-2H3. The highest BCUT2D eigenvalue weighted by atomic mass is 14.9. The SMILES string of the molecule is Cc1cccc(CNCc2ccncc2C)n1. The van der Waals surface area contributed by atoms with Gasteiger partial charge in [0.1, 0.15) is 0 Å². The third kappa shape index (κ3) is 3.36. The molecule has 88 valence electrons. The number of nitrogens with one attached hydrogen (secondary N) is 1. The maximum Gasteiger partial charge on any atom is 0.0544 e. The van der Waals surface area contributed by atoms with Crippen molar-refractivity contribution in [1.29, 1.82) is 0 Å². The van der Waals surface area contributed by atoms with Crippen LogP contribution in [0.2, 0.25) is 0 Å². The molecule has 3 heteroatoms. The van der Waals surface area contributed by atoms with Gasteiger partial charge in [-0.15, -0.1) is 0 Å². The van der Waals surface area contributed by atoms with Gasteiger partial charge in [-0.3, -0.25) is 9.97 Å². The van der Waals surface area contributed by atoms with E-state index in [4.69, 9.17) is 0 Å². The predicted molar refractivity (Wildman–Crippen MR) is 68.5 cm³/mol. The average molecular weight is 227 g/mol. The molecule has 0 amide bonds. The monoisotopic (exact) mass is 227 g/mol. The lowest BCUT2D eigenvalue weighted by Gasteiger charge is -2.07. The Morgan fingerprint density at radius 1 is 1.12 bits per heavy atom. The van der Waals surface area contributed by atoms with Crippen LogP contribution in [0.25, 0.3) is 0 Å². The highest BCUT2D eigenvalue weighted by Crippen LogP contribution is 2.05. The minimum absolute atomic E-state index is 0.795. The molecule has 0 saturated carbocycles. The number of aryl methyl sites for hydroxylation is 2. The van der Waals surface area contributed by atoms with E-state index in [1.165, 1.54) is 11.1 Å². The largest absolute Gasteiger partial charge is 0.307 e. The van der Waals surface area contributed by atoms with E-state index in [0.717, 1.165) is 24.5 Å². The fourth-order valence-corrected chi connectivity index (χ4v) is 1.72. The summed E-state index contributed by atoms with van der Waals surface area (Å²) >= 11 is 0. The fourth-order valence-electron chi connectivity index (χ4n) is 1.72. The molecule has 2 rings (SSSR count). The van der Waals surface area contributed by atoms with Crippen molar-refractivity contribution in [2.24, 2.45) is 0 Å². The summed E-state index contributed by atoms with van der Waals surface area (Å²) in [5.74, 6) is 0. The van der Waals surface area contributed by atoms with Crippen molar-refractivity contribution in [1.82, 2.24) is 15.3 Å². The summed E-state index contributed by atoms with van der Waals surface area (Å²) in [5.41, 5.74) is 4.64. The van der Waals surface area contributed by atoms with E-state index >= 15 is 0 Å². The number of pyridine rings is 2. The van der Waals surface area contributed by atoms with Gasteiger partial charge in [0, 0.05) is 31.2 Å². The first-order valence-corrected chi connectivity index (χ1v) is 5.78. The van der Waals surface area contributed by atoms with Gasteiger partial charge in [-0.1, -0.05) is 6.07 Å². The van der Waals surface area contributed by atoms with E-state index in [9.17, 15) is 0 Å². The zero-order valence-electron chi connectivity index (χ0n) is 10.3. The quantitative estimate of drug-likeness (QED) is 0.871. The summed E-state index contributed by atoms with van der Waals surface area (Å²) in [6.07, 6.45) is 3.72. The van der Waals surface area contributed by atoms with E-state index < -0.39 is 0 Å². The zero-order valence-corrected chi connectivity index (χ0v) is 10.3. The molecule has 2 aromatic heterocycles. The lowest BCUT2D eigenvalue weighted by Crippen LogP contribution is -2.14. The molecule has 0 aliphatic carbocycles. The van der Waals surface area contributed by atoms with Crippen molar-refractivity contribution in [3.63, 3.8) is 0 Å². The van der Waals surface area contributed by atoms with Gasteiger partial charge >= 0.3 is 0 Å². The summed E-state index contributed by atoms with van der Waals surface area (Å²) < 4.78 is 0. The normalized spacial score (nSPS) is 10.5. The highest BCUT2D eigenvalue weighted by Gasteiger charge is 1.98. The first-order valence-electron chi connectivity index (χ1n) is 5.78. The molecule has 0 saturated heterocycles. The van der Waals surface area contributed by atoms with Crippen molar-refractivity contribution >= 4 is 0 Å². The maximum absolute atomic E-state index is 4.45. The van der Waals surface area contributed by atoms with Crippen LogP contribution in [-0.2, 0) is 13.1 Å². The van der Waals surface area contributed by atoms with Crippen LogP contribution in [0.15, 0.2) is 36.7 Å². The molecule has 2 heterocycles. The minimum atomic E-state index is 0.795. The molecule has 17 heavy (non-hydrogen) atoms. The highest BCUT2D eigenvalue weighted by molar-refractivity contribution is 5.21. The Balaban J connectivity index is 1.90. The Labute approximate surface area is 102 Å². The summed E-state index contributed by atoms with van der Waals surface area (Å²) in [5, 5.41) is 3.40. The van der Waals surface area contributed by atoms with Gasteiger partial charge in [-0.05, 0) is 43.2 Å². The van der Waals surface area contributed by atoms with Crippen molar-refractivity contribution in [2.45, 2.75) is 26.9 Å². The van der Waals surface area contributed by atoms with Crippen LogP contribution in [0.3, 0.4) is 0 Å². The summed E-state index contributed by atoms with van der Waals surface area (Å²) in [4.78, 5) is 8.53. The summed E-state index contributed by atoms with van der Waals surface area (Å²) in [7, 11) is 0. The predicted octanol–water partition coefficient (Wildman–Crippen LogP) is 2.38. The average Bonchev–Trinajstić information content (AvgIpc) is 2.32. The second-order valence-corrected chi connectivity index (χ2v) is 4.18. The number of aromatic nitrogens is 2. The van der Waals surface area contributed by atoms with Gasteiger partial charge < -0.3 is 5.32 Å². The molecule has 2 aromatic rings. The van der Waals surface area contributed by atoms with Crippen LogP contribution in [0.1, 0.15) is 22.5 Å². The fraction of sp³-hybridized carbons (Fsp3) is 0.286. The molecule has 0 aliphatic heterocycles. The second-order valence-electron chi connectivity index (χ2n) is 4.18. The Hall–Kier alpha value is -1.74. The lowest BCUT2D eigenvalue weighted by atomic mass is 10.1. The molecule has 0 fully saturated rings. The Morgan fingerprint density at radius 3 is 2.76 bits per heavy atom. The van der Waals surface area contributed by atoms with Gasteiger partial charge in [0.2, 0.25) is 0 Å². The summed E-state index contributed by atoms with van der Waals surface area (Å²) in [6.45, 7) is 5.73. The van der Waals surface area contributed by atoms with Crippen LogP contribution in [-0.4, -0.2) is 9.97 Å². The number of hydrogen-bond donors (Lipinski definition) is 1. The third-order valence-electron chi connectivity index (χ3n) is 2.70. The van der Waals surface area contributed by atoms with Gasteiger partial charge in [0.15, 0.2) is 0 Å². The Bertz CT molecular complexity index is 494. The molecule has 0 unspecified atom stereocenters. The van der Waals surface area contributed by atoms with E-state index in [1.54, 1.807) is 0 Å². The number of nitrogens with zero attached hydrogens (tertiary/aromatic N) is 2. The summed E-state index contributed by atoms with van der Waals surface area (Å²) in [6, 6.07) is 8.14. The van der Waals surface area contributed by atoms with Crippen LogP contribution < -0.4 is 5.32 Å². The molecule has 0 bridgehead atoms. The molecule has 0 aliphatic rings. The molecular weight excluding hydrogens is 210 g/mol. The van der Waals surface area contributed by atoms with Crippen molar-refractivity contribution in [2.75, 3.05) is 0 Å². The molecule has 0 radical (unpaired) electrons. The molecular formula is C14H17N3. The van der Waals surface area contributed by atoms with Crippen molar-refractivity contribution in [3.05, 3.63) is 59.2 Å². The molecule has 0 spiro atoms. The van der Waals surface area contributed by atoms with E-state index in [2.05, 4.69) is 22.2 Å². The van der Waals surface area contributed by atoms with Gasteiger partial charge in [0.05, 0.1) is 5.69 Å². The second kappa shape index (κ2) is 5.55. The topological polar surface area (TPSA) is 37.8 Å². The van der Waals surface area contributed by atoms with Crippen molar-refractivity contribution < 1.29 is 0 Å². The van der Waals surface area contributed by atoms with E-state index in [-0.39, 0.29) is 0 Å². The molecule has 0 aromatic carbocycles. The van der Waals surface area contributed by atoms with Crippen molar-refractivity contribution in [3.8, 4) is 0 Å². The van der Waals surface area contributed by atoms with E-state index in [1.807, 2.05) is 43.6 Å². The number of hydrogen-bond acceptors (Lipinski definition) is 3. The molecule has 0 atom stereocenters. The van der Waals surface area contributed by atoms with Gasteiger partial charge in [-0.25, -0.2) is 0 Å². The molecule has 1 N–H and O–H groups in total. The Morgan fingerprint density at radius 2 is 2.00 bits per heavy atom. The van der Waals surface area contributed by atoms with Crippen LogP contribution in [0.5, 0.6) is 0 Å². The van der Waals surface area contributed by atoms with Crippen LogP contribution in [0, 0.1) is 13.8 Å². The van der Waals surface area contributed by atoms with Gasteiger partial charge in [-0.2, -0.15) is 0 Å². The number of rotatable bonds is 4. The van der Waals surface area contributed by atoms with Gasteiger partial charge in [0.25, 0.3) is 0 Å². The lowest BCUT2D eigenvalue weighted by molar-refractivity contribution is 0.675. The third-order valence-corrected chi connectivity index (χ3v) is 2.70. The minimum Gasteiger partial charge on any atom is -0.307 e. The smallest absolute Gasteiger partial charge is 0.0544 e. The van der Waals surface area contributed by atoms with E-state index in [0.29, 0.717) is 0 Å².